The fourth-order valence-corrected chi connectivity index (χ4v) is 1.80. The minimum atomic E-state index is 0.530. The van der Waals surface area contributed by atoms with Crippen LogP contribution in [-0.2, 0) is 0 Å². The molecule has 0 aliphatic carbocycles. The van der Waals surface area contributed by atoms with Gasteiger partial charge in [0.05, 0.1) is 6.61 Å². The Balaban J connectivity index is 2.65. The molecule has 0 heterocycles. The maximum absolute atomic E-state index is 5.83. The van der Waals surface area contributed by atoms with Crippen LogP contribution in [0, 0.1) is 5.92 Å². The van der Waals surface area contributed by atoms with Crippen LogP contribution in [0.1, 0.15) is 25.8 Å². The average Bonchev–Trinajstić information content (AvgIpc) is 2.33. The topological polar surface area (TPSA) is 9.23 Å². The van der Waals surface area contributed by atoms with Gasteiger partial charge in [-0.05, 0) is 25.2 Å². The summed E-state index contributed by atoms with van der Waals surface area (Å²) in [5, 5.41) is 0. The van der Waals surface area contributed by atoms with Crippen molar-refractivity contribution >= 4 is 18.7 Å². The van der Waals surface area contributed by atoms with E-state index in [0.29, 0.717) is 5.92 Å². The number of hydrogen-bond donors (Lipinski definition) is 1. The molecule has 1 aromatic carbocycles. The van der Waals surface area contributed by atoms with Gasteiger partial charge in [0.15, 0.2) is 0 Å². The molecule has 88 valence electrons. The fraction of sp³-hybridized carbons (Fsp3) is 0.429. The van der Waals surface area contributed by atoms with E-state index in [1.54, 1.807) is 0 Å². The summed E-state index contributed by atoms with van der Waals surface area (Å²) in [5.41, 5.74) is 1.14. The molecule has 1 aromatic rings. The summed E-state index contributed by atoms with van der Waals surface area (Å²) < 4.78 is 5.83. The van der Waals surface area contributed by atoms with Gasteiger partial charge in [-0.15, -0.1) is 0 Å². The summed E-state index contributed by atoms with van der Waals surface area (Å²) in [4.78, 5) is 0. The molecule has 2 heteroatoms. The molecule has 0 amide bonds. The van der Waals surface area contributed by atoms with Crippen LogP contribution in [0.25, 0.3) is 6.08 Å². The lowest BCUT2D eigenvalue weighted by Gasteiger charge is -2.14. The maximum atomic E-state index is 5.83. The molecular formula is C14H20OS. The van der Waals surface area contributed by atoms with Gasteiger partial charge in [0.25, 0.3) is 0 Å². The quantitative estimate of drug-likeness (QED) is 0.733. The van der Waals surface area contributed by atoms with Crippen molar-refractivity contribution in [3.63, 3.8) is 0 Å². The predicted molar refractivity (Wildman–Crippen MR) is 74.3 cm³/mol. The van der Waals surface area contributed by atoms with Crippen molar-refractivity contribution in [2.24, 2.45) is 5.92 Å². The molecular weight excluding hydrogens is 216 g/mol. The van der Waals surface area contributed by atoms with Crippen molar-refractivity contribution in [2.75, 3.05) is 12.4 Å². The number of para-hydroxylation sites is 1. The lowest BCUT2D eigenvalue weighted by Crippen LogP contribution is -2.13. The normalized spacial score (nSPS) is 12.9. The van der Waals surface area contributed by atoms with Gasteiger partial charge in [-0.1, -0.05) is 37.3 Å². The van der Waals surface area contributed by atoms with Crippen LogP contribution in [0.15, 0.2) is 30.3 Å². The van der Waals surface area contributed by atoms with E-state index in [1.165, 1.54) is 0 Å². The molecule has 0 N–H and O–H groups in total. The van der Waals surface area contributed by atoms with Crippen molar-refractivity contribution in [1.29, 1.82) is 0 Å². The van der Waals surface area contributed by atoms with E-state index < -0.39 is 0 Å². The van der Waals surface area contributed by atoms with E-state index in [2.05, 4.69) is 31.7 Å². The van der Waals surface area contributed by atoms with E-state index in [-0.39, 0.29) is 0 Å². The predicted octanol–water partition coefficient (Wildman–Crippen LogP) is 4.05. The van der Waals surface area contributed by atoms with Gasteiger partial charge in [-0.25, -0.2) is 0 Å². The second-order valence-electron chi connectivity index (χ2n) is 3.81. The zero-order valence-corrected chi connectivity index (χ0v) is 10.9. The van der Waals surface area contributed by atoms with Crippen LogP contribution >= 0.6 is 12.6 Å². The highest BCUT2D eigenvalue weighted by molar-refractivity contribution is 7.80. The van der Waals surface area contributed by atoms with Gasteiger partial charge in [0, 0.05) is 11.5 Å². The fourth-order valence-electron chi connectivity index (χ4n) is 1.44. The molecule has 1 unspecified atom stereocenters. The summed E-state index contributed by atoms with van der Waals surface area (Å²) in [7, 11) is 0. The Hall–Kier alpha value is -0.890. The van der Waals surface area contributed by atoms with E-state index in [1.807, 2.05) is 31.2 Å². The zero-order chi connectivity index (χ0) is 11.8. The summed E-state index contributed by atoms with van der Waals surface area (Å²) in [6, 6.07) is 8.11. The van der Waals surface area contributed by atoms with Gasteiger partial charge in [0.1, 0.15) is 5.75 Å². The molecule has 16 heavy (non-hydrogen) atoms. The molecule has 0 fully saturated rings. The molecule has 0 radical (unpaired) electrons. The SMILES string of the molecule is CC=Cc1ccccc1OCC(CC)CS. The van der Waals surface area contributed by atoms with Crippen LogP contribution in [0.5, 0.6) is 5.75 Å². The van der Waals surface area contributed by atoms with Gasteiger partial charge < -0.3 is 4.74 Å². The highest BCUT2D eigenvalue weighted by Gasteiger charge is 2.06. The maximum Gasteiger partial charge on any atom is 0.126 e. The minimum Gasteiger partial charge on any atom is -0.493 e. The molecule has 0 aliphatic rings. The Bertz CT molecular complexity index is 329. The lowest BCUT2D eigenvalue weighted by molar-refractivity contribution is 0.259. The summed E-state index contributed by atoms with van der Waals surface area (Å²) in [6.45, 7) is 4.93. The van der Waals surface area contributed by atoms with Crippen molar-refractivity contribution < 1.29 is 4.74 Å². The molecule has 0 saturated heterocycles. The molecule has 1 atom stereocenters. The third kappa shape index (κ3) is 3.93. The third-order valence-electron chi connectivity index (χ3n) is 2.58. The molecule has 1 nitrogen and oxygen atoms in total. The largest absolute Gasteiger partial charge is 0.493 e. The van der Waals surface area contributed by atoms with Crippen LogP contribution in [0.4, 0.5) is 0 Å². The second-order valence-corrected chi connectivity index (χ2v) is 4.17. The summed E-state index contributed by atoms with van der Waals surface area (Å²) >= 11 is 4.32. The number of rotatable bonds is 6. The second kappa shape index (κ2) is 7.39. The highest BCUT2D eigenvalue weighted by Crippen LogP contribution is 2.20. The number of benzene rings is 1. The molecule has 0 aliphatic heterocycles. The van der Waals surface area contributed by atoms with E-state index in [0.717, 1.165) is 30.1 Å². The van der Waals surface area contributed by atoms with Crippen LogP contribution in [0.2, 0.25) is 0 Å². The van der Waals surface area contributed by atoms with E-state index in [4.69, 9.17) is 4.74 Å². The average molecular weight is 236 g/mol. The first-order valence-corrected chi connectivity index (χ1v) is 6.40. The molecule has 1 rings (SSSR count). The Morgan fingerprint density at radius 3 is 2.75 bits per heavy atom. The van der Waals surface area contributed by atoms with Crippen molar-refractivity contribution in [3.8, 4) is 5.75 Å². The van der Waals surface area contributed by atoms with Gasteiger partial charge in [0.2, 0.25) is 0 Å². The van der Waals surface area contributed by atoms with Crippen molar-refractivity contribution in [2.45, 2.75) is 20.3 Å². The Kier molecular flexibility index (Phi) is 6.09. The molecule has 0 saturated carbocycles. The van der Waals surface area contributed by atoms with Crippen LogP contribution < -0.4 is 4.74 Å². The number of ether oxygens (including phenoxy) is 1. The number of thiol groups is 1. The van der Waals surface area contributed by atoms with Crippen LogP contribution in [0.3, 0.4) is 0 Å². The smallest absolute Gasteiger partial charge is 0.126 e. The third-order valence-corrected chi connectivity index (χ3v) is 3.09. The summed E-state index contributed by atoms with van der Waals surface area (Å²) in [6.07, 6.45) is 5.20. The van der Waals surface area contributed by atoms with Gasteiger partial charge in [-0.2, -0.15) is 12.6 Å². The highest BCUT2D eigenvalue weighted by atomic mass is 32.1. The monoisotopic (exact) mass is 236 g/mol. The molecule has 0 spiro atoms. The first-order chi connectivity index (χ1) is 7.81. The Labute approximate surface area is 104 Å². The molecule has 0 aromatic heterocycles. The Morgan fingerprint density at radius 1 is 1.38 bits per heavy atom. The number of hydrogen-bond acceptors (Lipinski definition) is 2. The van der Waals surface area contributed by atoms with Crippen molar-refractivity contribution in [3.05, 3.63) is 35.9 Å². The van der Waals surface area contributed by atoms with E-state index in [9.17, 15) is 0 Å². The van der Waals surface area contributed by atoms with Crippen LogP contribution in [-0.4, -0.2) is 12.4 Å². The zero-order valence-electron chi connectivity index (χ0n) is 10.0. The number of allylic oxidation sites excluding steroid dienone is 1. The van der Waals surface area contributed by atoms with Gasteiger partial charge >= 0.3 is 0 Å². The first-order valence-electron chi connectivity index (χ1n) is 5.77. The van der Waals surface area contributed by atoms with Crippen molar-refractivity contribution in [1.82, 2.24) is 0 Å². The Morgan fingerprint density at radius 2 is 2.12 bits per heavy atom. The molecule has 0 bridgehead atoms. The first kappa shape index (κ1) is 13.2. The van der Waals surface area contributed by atoms with E-state index >= 15 is 0 Å². The standard InChI is InChI=1S/C14H20OS/c1-3-7-13-8-5-6-9-14(13)15-10-12(4-2)11-16/h3,5-9,12,16H,4,10-11H2,1-2H3. The lowest BCUT2D eigenvalue weighted by atomic mass is 10.1. The summed E-state index contributed by atoms with van der Waals surface area (Å²) in [5.74, 6) is 2.37. The van der Waals surface area contributed by atoms with Gasteiger partial charge in [-0.3, -0.25) is 0 Å². The minimum absolute atomic E-state index is 0.530.